The van der Waals surface area contributed by atoms with E-state index in [2.05, 4.69) is 0 Å². The lowest BCUT2D eigenvalue weighted by atomic mass is 9.81. The number of ketones is 1. The van der Waals surface area contributed by atoms with E-state index < -0.39 is 23.2 Å². The number of hydrogen-bond acceptors (Lipinski definition) is 8. The third-order valence-corrected chi connectivity index (χ3v) is 5.59. The number of benzene rings is 2. The molecule has 0 fully saturated rings. The fraction of sp³-hybridized carbons (Fsp3) is 0.333. The molecule has 1 N–H and O–H groups in total. The number of carbonyl (C=O) groups excluding carboxylic acids is 2. The van der Waals surface area contributed by atoms with Crippen LogP contribution in [0.4, 0.5) is 0 Å². The van der Waals surface area contributed by atoms with Crippen LogP contribution in [0.15, 0.2) is 24.3 Å². The van der Waals surface area contributed by atoms with Crippen molar-refractivity contribution in [2.75, 3.05) is 34.9 Å². The zero-order chi connectivity index (χ0) is 20.9. The van der Waals surface area contributed by atoms with Crippen LogP contribution in [0, 0.1) is 0 Å². The molecule has 29 heavy (non-hydrogen) atoms. The molecule has 0 unspecified atom stereocenters. The van der Waals surface area contributed by atoms with Gasteiger partial charge in [-0.25, -0.2) is 4.79 Å². The summed E-state index contributed by atoms with van der Waals surface area (Å²) in [5, 5.41) is 10.4. The van der Waals surface area contributed by atoms with E-state index in [1.54, 1.807) is 24.1 Å². The first-order valence-corrected chi connectivity index (χ1v) is 9.03. The van der Waals surface area contributed by atoms with Gasteiger partial charge in [-0.2, -0.15) is 0 Å². The topological polar surface area (TPSA) is 94.5 Å². The van der Waals surface area contributed by atoms with Gasteiger partial charge in [-0.3, -0.25) is 9.69 Å². The number of methoxy groups -OCH3 is 3. The minimum absolute atomic E-state index is 0.0778. The fourth-order valence-corrected chi connectivity index (χ4v) is 4.07. The highest BCUT2D eigenvalue weighted by atomic mass is 16.6. The van der Waals surface area contributed by atoms with Crippen molar-refractivity contribution in [3.8, 4) is 23.0 Å². The van der Waals surface area contributed by atoms with Gasteiger partial charge in [-0.15, -0.1) is 0 Å². The molecule has 1 atom stereocenters. The van der Waals surface area contributed by atoms with Gasteiger partial charge >= 0.3 is 5.97 Å². The van der Waals surface area contributed by atoms with Gasteiger partial charge in [0.2, 0.25) is 5.78 Å². The standard InChI is InChI=1S/C21H21NO7/c1-22-8-7-11-9-15(27-3)16(28-4)10-13(11)21(22)19(24)12-5-6-14(26-2)18(23)17(12)20(25)29-21/h5-6,9-10,23H,7-8H2,1-4H3/t21-/m0/s1. The molecule has 2 aromatic carbocycles. The van der Waals surface area contributed by atoms with Gasteiger partial charge in [0, 0.05) is 17.7 Å². The third-order valence-electron chi connectivity index (χ3n) is 5.59. The Kier molecular flexibility index (Phi) is 4.38. The summed E-state index contributed by atoms with van der Waals surface area (Å²) in [6.45, 7) is 0.485. The molecule has 4 rings (SSSR count). The highest BCUT2D eigenvalue weighted by Gasteiger charge is 2.56. The summed E-state index contributed by atoms with van der Waals surface area (Å²) in [4.78, 5) is 28.3. The number of Topliss-reactive ketones (excluding diaryl/α,β-unsaturated/α-hetero) is 1. The number of likely N-dealkylation sites (N-methyl/N-ethyl adjacent to an activating group) is 1. The summed E-state index contributed by atoms with van der Waals surface area (Å²) in [7, 11) is 6.12. The normalized spacial score (nSPS) is 20.7. The van der Waals surface area contributed by atoms with Crippen LogP contribution in [-0.2, 0) is 16.9 Å². The maximum absolute atomic E-state index is 13.7. The van der Waals surface area contributed by atoms with Gasteiger partial charge < -0.3 is 24.1 Å². The van der Waals surface area contributed by atoms with Crippen LogP contribution in [-0.4, -0.2) is 56.7 Å². The van der Waals surface area contributed by atoms with Crippen molar-refractivity contribution < 1.29 is 33.6 Å². The molecule has 152 valence electrons. The lowest BCUT2D eigenvalue weighted by Gasteiger charge is -2.46. The van der Waals surface area contributed by atoms with Crippen molar-refractivity contribution in [3.05, 3.63) is 46.5 Å². The molecule has 1 spiro atoms. The summed E-state index contributed by atoms with van der Waals surface area (Å²) in [6.07, 6.45) is 0.638. The van der Waals surface area contributed by atoms with Crippen molar-refractivity contribution in [2.24, 2.45) is 0 Å². The van der Waals surface area contributed by atoms with Crippen molar-refractivity contribution in [1.29, 1.82) is 0 Å². The quantitative estimate of drug-likeness (QED) is 0.785. The van der Waals surface area contributed by atoms with Crippen molar-refractivity contribution in [2.45, 2.75) is 12.1 Å². The highest BCUT2D eigenvalue weighted by molar-refractivity contribution is 6.16. The summed E-state index contributed by atoms with van der Waals surface area (Å²) >= 11 is 0. The van der Waals surface area contributed by atoms with Crippen molar-refractivity contribution in [3.63, 3.8) is 0 Å². The molecule has 8 nitrogen and oxygen atoms in total. The van der Waals surface area contributed by atoms with Gasteiger partial charge in [0.05, 0.1) is 21.3 Å². The molecule has 0 saturated carbocycles. The van der Waals surface area contributed by atoms with Gasteiger partial charge in [-0.05, 0) is 43.3 Å². The Bertz CT molecular complexity index is 1030. The molecule has 0 saturated heterocycles. The van der Waals surface area contributed by atoms with Crippen LogP contribution < -0.4 is 14.2 Å². The SMILES string of the molecule is COc1cc2c(cc1OC)[C@@]1(OC(=O)c3c(ccc(OC)c3O)C1=O)N(C)CC2. The molecular weight excluding hydrogens is 378 g/mol. The number of aromatic hydroxyl groups is 1. The van der Waals surface area contributed by atoms with Crippen molar-refractivity contribution in [1.82, 2.24) is 4.90 Å². The number of phenols is 1. The van der Waals surface area contributed by atoms with E-state index >= 15 is 0 Å². The number of fused-ring (bicyclic) bond motifs is 3. The number of esters is 1. The van der Waals surface area contributed by atoms with E-state index in [1.165, 1.54) is 33.5 Å². The van der Waals surface area contributed by atoms with Crippen LogP contribution in [0.2, 0.25) is 0 Å². The Morgan fingerprint density at radius 3 is 2.34 bits per heavy atom. The van der Waals surface area contributed by atoms with Gasteiger partial charge in [0.15, 0.2) is 23.0 Å². The van der Waals surface area contributed by atoms with Crippen LogP contribution in [0.3, 0.4) is 0 Å². The van der Waals surface area contributed by atoms with E-state index in [9.17, 15) is 14.7 Å². The second-order valence-electron chi connectivity index (χ2n) is 6.94. The zero-order valence-corrected chi connectivity index (χ0v) is 16.6. The van der Waals surface area contributed by atoms with Gasteiger partial charge in [-0.1, -0.05) is 0 Å². The number of nitrogens with zero attached hydrogens (tertiary/aromatic N) is 1. The smallest absolute Gasteiger partial charge is 0.345 e. The lowest BCUT2D eigenvalue weighted by Crippen LogP contribution is -2.58. The van der Waals surface area contributed by atoms with Gasteiger partial charge in [0.25, 0.3) is 5.72 Å². The number of rotatable bonds is 3. The van der Waals surface area contributed by atoms with E-state index in [-0.39, 0.29) is 16.9 Å². The first-order chi connectivity index (χ1) is 13.9. The monoisotopic (exact) mass is 399 g/mol. The molecule has 0 aliphatic carbocycles. The average molecular weight is 399 g/mol. The molecule has 0 bridgehead atoms. The summed E-state index contributed by atoms with van der Waals surface area (Å²) in [5.41, 5.74) is -0.431. The average Bonchev–Trinajstić information content (AvgIpc) is 2.73. The second-order valence-corrected chi connectivity index (χ2v) is 6.94. The van der Waals surface area contributed by atoms with Crippen LogP contribution in [0.25, 0.3) is 0 Å². The Hall–Kier alpha value is -3.26. The summed E-state index contributed by atoms with van der Waals surface area (Å²) < 4.78 is 21.6. The molecule has 2 aliphatic rings. The Balaban J connectivity index is 1.97. The van der Waals surface area contributed by atoms with Crippen LogP contribution >= 0.6 is 0 Å². The second kappa shape index (κ2) is 6.66. The third kappa shape index (κ3) is 2.49. The molecule has 2 heterocycles. The summed E-state index contributed by atoms with van der Waals surface area (Å²) in [6, 6.07) is 6.40. The molecule has 0 aromatic heterocycles. The van der Waals surface area contributed by atoms with Crippen LogP contribution in [0.1, 0.15) is 31.8 Å². The van der Waals surface area contributed by atoms with E-state index in [0.29, 0.717) is 30.0 Å². The molecule has 0 amide bonds. The predicted octanol–water partition coefficient (Wildman–Crippen LogP) is 2.11. The highest BCUT2D eigenvalue weighted by Crippen LogP contribution is 2.48. The predicted molar refractivity (Wildman–Crippen MR) is 102 cm³/mol. The first-order valence-electron chi connectivity index (χ1n) is 9.03. The maximum Gasteiger partial charge on any atom is 0.345 e. The van der Waals surface area contributed by atoms with E-state index in [1.807, 2.05) is 0 Å². The van der Waals surface area contributed by atoms with E-state index in [4.69, 9.17) is 18.9 Å². The van der Waals surface area contributed by atoms with Crippen LogP contribution in [0.5, 0.6) is 23.0 Å². The maximum atomic E-state index is 13.7. The van der Waals surface area contributed by atoms with Gasteiger partial charge in [0.1, 0.15) is 5.56 Å². The Morgan fingerprint density at radius 1 is 1.03 bits per heavy atom. The Labute approximate surface area is 167 Å². The van der Waals surface area contributed by atoms with Crippen molar-refractivity contribution >= 4 is 11.8 Å². The number of hydrogen-bond donors (Lipinski definition) is 1. The minimum Gasteiger partial charge on any atom is -0.504 e. The number of phenolic OH excluding ortho intramolecular Hbond substituents is 1. The fourth-order valence-electron chi connectivity index (χ4n) is 4.07. The van der Waals surface area contributed by atoms with E-state index in [0.717, 1.165) is 5.56 Å². The summed E-state index contributed by atoms with van der Waals surface area (Å²) in [5.74, 6) is -0.611. The molecular formula is C21H21NO7. The molecule has 8 heteroatoms. The Morgan fingerprint density at radius 2 is 1.69 bits per heavy atom. The number of ether oxygens (including phenoxy) is 4. The first kappa shape index (κ1) is 19.1. The largest absolute Gasteiger partial charge is 0.504 e. The zero-order valence-electron chi connectivity index (χ0n) is 16.6. The molecule has 2 aliphatic heterocycles. The number of carbonyl (C=O) groups is 2. The molecule has 2 aromatic rings. The minimum atomic E-state index is -1.65. The molecule has 0 radical (unpaired) electrons. The lowest BCUT2D eigenvalue weighted by molar-refractivity contribution is -0.0954.